The number of sulfonamides is 1. The Bertz CT molecular complexity index is 279. The maximum absolute atomic E-state index is 11.3. The molecule has 0 atom stereocenters. The van der Waals surface area contributed by atoms with E-state index >= 15 is 0 Å². The fourth-order valence-electron chi connectivity index (χ4n) is 2.09. The first-order valence-corrected chi connectivity index (χ1v) is 7.25. The molecule has 0 aromatic rings. The Kier molecular flexibility index (Phi) is 2.84. The van der Waals surface area contributed by atoms with Gasteiger partial charge in [-0.25, -0.2) is 13.1 Å². The van der Waals surface area contributed by atoms with Crippen molar-refractivity contribution in [3.63, 3.8) is 0 Å². The van der Waals surface area contributed by atoms with E-state index < -0.39 is 10.0 Å². The average Bonchev–Trinajstić information content (AvgIpc) is 2.99. The van der Waals surface area contributed by atoms with Crippen molar-refractivity contribution in [3.05, 3.63) is 0 Å². The van der Waals surface area contributed by atoms with Crippen LogP contribution >= 0.6 is 0 Å². The molecular weight excluding hydrogens is 198 g/mol. The topological polar surface area (TPSA) is 46.2 Å². The zero-order valence-electron chi connectivity index (χ0n) is 8.70. The van der Waals surface area contributed by atoms with Crippen LogP contribution in [0.5, 0.6) is 0 Å². The van der Waals surface area contributed by atoms with E-state index in [-0.39, 0.29) is 5.75 Å². The predicted molar refractivity (Wildman–Crippen MR) is 56.4 cm³/mol. The van der Waals surface area contributed by atoms with E-state index in [2.05, 4.69) is 4.72 Å². The number of rotatable bonds is 6. The molecular formula is C10H19NO2S. The molecule has 82 valence electrons. The van der Waals surface area contributed by atoms with Crippen molar-refractivity contribution in [2.24, 2.45) is 17.8 Å². The Morgan fingerprint density at radius 1 is 1.21 bits per heavy atom. The summed E-state index contributed by atoms with van der Waals surface area (Å²) in [4.78, 5) is 0. The molecule has 14 heavy (non-hydrogen) atoms. The molecule has 0 bridgehead atoms. The summed E-state index contributed by atoms with van der Waals surface area (Å²) in [5, 5.41) is 0. The highest BCUT2D eigenvalue weighted by molar-refractivity contribution is 7.89. The Balaban J connectivity index is 1.82. The summed E-state index contributed by atoms with van der Waals surface area (Å²) in [5.74, 6) is 2.48. The molecule has 3 nitrogen and oxygen atoms in total. The normalized spacial score (nSPS) is 23.0. The predicted octanol–water partition coefficient (Wildman–Crippen LogP) is 1.36. The van der Waals surface area contributed by atoms with Crippen LogP contribution in [-0.4, -0.2) is 20.7 Å². The van der Waals surface area contributed by atoms with Crippen LogP contribution in [0.1, 0.15) is 32.6 Å². The summed E-state index contributed by atoms with van der Waals surface area (Å²) in [6, 6.07) is 0. The third-order valence-corrected chi connectivity index (χ3v) is 4.74. The second-order valence-electron chi connectivity index (χ2n) is 4.59. The summed E-state index contributed by atoms with van der Waals surface area (Å²) >= 11 is 0. The largest absolute Gasteiger partial charge is 0.215 e. The van der Waals surface area contributed by atoms with E-state index in [1.165, 1.54) is 25.7 Å². The molecule has 0 heterocycles. The van der Waals surface area contributed by atoms with Crippen LogP contribution in [0.3, 0.4) is 0 Å². The molecule has 0 unspecified atom stereocenters. The quantitative estimate of drug-likeness (QED) is 0.730. The van der Waals surface area contributed by atoms with Crippen molar-refractivity contribution in [3.8, 4) is 0 Å². The van der Waals surface area contributed by atoms with Crippen molar-refractivity contribution in [1.29, 1.82) is 0 Å². The summed E-state index contributed by atoms with van der Waals surface area (Å²) < 4.78 is 25.3. The van der Waals surface area contributed by atoms with Gasteiger partial charge in [-0.2, -0.15) is 0 Å². The van der Waals surface area contributed by atoms with Crippen LogP contribution in [0.2, 0.25) is 0 Å². The zero-order chi connectivity index (χ0) is 10.2. The van der Waals surface area contributed by atoms with Crippen molar-refractivity contribution in [2.45, 2.75) is 32.6 Å². The first-order valence-electron chi connectivity index (χ1n) is 5.59. The van der Waals surface area contributed by atoms with Gasteiger partial charge in [-0.05, 0) is 50.4 Å². The summed E-state index contributed by atoms with van der Waals surface area (Å²) in [5.41, 5.74) is 0. The monoisotopic (exact) mass is 217 g/mol. The smallest absolute Gasteiger partial charge is 0.211 e. The molecule has 2 rings (SSSR count). The highest BCUT2D eigenvalue weighted by Gasteiger charge is 2.41. The van der Waals surface area contributed by atoms with Crippen molar-refractivity contribution >= 4 is 10.0 Å². The van der Waals surface area contributed by atoms with Gasteiger partial charge in [0.25, 0.3) is 0 Å². The molecule has 0 saturated heterocycles. The van der Waals surface area contributed by atoms with E-state index in [9.17, 15) is 8.42 Å². The van der Waals surface area contributed by atoms with Crippen LogP contribution in [-0.2, 0) is 10.0 Å². The minimum absolute atomic E-state index is 0.203. The molecule has 2 aliphatic carbocycles. The lowest BCUT2D eigenvalue weighted by atomic mass is 9.99. The molecule has 2 saturated carbocycles. The third kappa shape index (κ3) is 2.70. The second kappa shape index (κ2) is 3.81. The van der Waals surface area contributed by atoms with Crippen LogP contribution in [0, 0.1) is 17.8 Å². The maximum Gasteiger partial charge on any atom is 0.211 e. The van der Waals surface area contributed by atoms with E-state index in [1.54, 1.807) is 6.92 Å². The van der Waals surface area contributed by atoms with Crippen LogP contribution in [0.4, 0.5) is 0 Å². The molecule has 2 aliphatic rings. The minimum atomic E-state index is -2.98. The van der Waals surface area contributed by atoms with Crippen LogP contribution in [0.25, 0.3) is 0 Å². The van der Waals surface area contributed by atoms with E-state index in [0.717, 1.165) is 11.8 Å². The van der Waals surface area contributed by atoms with Gasteiger partial charge in [0.1, 0.15) is 0 Å². The van der Waals surface area contributed by atoms with E-state index in [4.69, 9.17) is 0 Å². The highest BCUT2D eigenvalue weighted by atomic mass is 32.2. The second-order valence-corrected chi connectivity index (χ2v) is 6.69. The van der Waals surface area contributed by atoms with E-state index in [1.807, 2.05) is 0 Å². The van der Waals surface area contributed by atoms with Gasteiger partial charge in [-0.3, -0.25) is 0 Å². The lowest BCUT2D eigenvalue weighted by Crippen LogP contribution is -2.32. The Morgan fingerprint density at radius 3 is 2.07 bits per heavy atom. The summed E-state index contributed by atoms with van der Waals surface area (Å²) in [7, 11) is -2.98. The first kappa shape index (κ1) is 10.4. The molecule has 2 fully saturated rings. The lowest BCUT2D eigenvalue weighted by Gasteiger charge is -2.15. The molecule has 4 heteroatoms. The molecule has 0 aromatic heterocycles. The van der Waals surface area contributed by atoms with Crippen molar-refractivity contribution < 1.29 is 8.42 Å². The van der Waals surface area contributed by atoms with Gasteiger partial charge in [-0.15, -0.1) is 0 Å². The summed E-state index contributed by atoms with van der Waals surface area (Å²) in [6.07, 6.45) is 5.26. The Morgan fingerprint density at radius 2 is 1.71 bits per heavy atom. The Hall–Kier alpha value is -0.0900. The van der Waals surface area contributed by atoms with Crippen molar-refractivity contribution in [2.75, 3.05) is 12.3 Å². The van der Waals surface area contributed by atoms with Gasteiger partial charge in [0.2, 0.25) is 10.0 Å². The maximum atomic E-state index is 11.3. The molecule has 0 spiro atoms. The minimum Gasteiger partial charge on any atom is -0.215 e. The number of nitrogens with one attached hydrogen (secondary N) is 1. The van der Waals surface area contributed by atoms with Crippen LogP contribution < -0.4 is 4.72 Å². The SMILES string of the molecule is CCS(=O)(=O)NCC(C1CC1)C1CC1. The van der Waals surface area contributed by atoms with E-state index in [0.29, 0.717) is 12.5 Å². The number of hydrogen-bond donors (Lipinski definition) is 1. The van der Waals surface area contributed by atoms with Gasteiger partial charge in [0.15, 0.2) is 0 Å². The Labute approximate surface area is 86.3 Å². The summed E-state index contributed by atoms with van der Waals surface area (Å²) in [6.45, 7) is 2.37. The standard InChI is InChI=1S/C10H19NO2S/c1-2-14(12,13)11-7-10(8-3-4-8)9-5-6-9/h8-11H,2-7H2,1H3. The molecule has 1 N–H and O–H groups in total. The molecule has 0 radical (unpaired) electrons. The van der Waals surface area contributed by atoms with Crippen molar-refractivity contribution in [1.82, 2.24) is 4.72 Å². The van der Waals surface area contributed by atoms with Gasteiger partial charge < -0.3 is 0 Å². The third-order valence-electron chi connectivity index (χ3n) is 3.37. The molecule has 0 aliphatic heterocycles. The average molecular weight is 217 g/mol. The zero-order valence-corrected chi connectivity index (χ0v) is 9.52. The van der Waals surface area contributed by atoms with Gasteiger partial charge >= 0.3 is 0 Å². The van der Waals surface area contributed by atoms with Gasteiger partial charge in [-0.1, -0.05) is 0 Å². The molecule has 0 aromatic carbocycles. The highest BCUT2D eigenvalue weighted by Crippen LogP contribution is 2.48. The van der Waals surface area contributed by atoms with Crippen LogP contribution in [0.15, 0.2) is 0 Å². The van der Waals surface area contributed by atoms with Gasteiger partial charge in [0.05, 0.1) is 5.75 Å². The first-order chi connectivity index (χ1) is 6.62. The number of hydrogen-bond acceptors (Lipinski definition) is 2. The lowest BCUT2D eigenvalue weighted by molar-refractivity contribution is 0.401. The fraction of sp³-hybridized carbons (Fsp3) is 1.00. The van der Waals surface area contributed by atoms with Gasteiger partial charge in [0, 0.05) is 6.54 Å². The molecule has 0 amide bonds. The fourth-order valence-corrected chi connectivity index (χ4v) is 2.74.